The average molecular weight is 312 g/mol. The van der Waals surface area contributed by atoms with E-state index in [0.29, 0.717) is 18.6 Å². The Morgan fingerprint density at radius 3 is 2.82 bits per heavy atom. The third-order valence-corrected chi connectivity index (χ3v) is 3.67. The van der Waals surface area contributed by atoms with Crippen LogP contribution >= 0.6 is 0 Å². The molecule has 1 aromatic carbocycles. The first-order valence-corrected chi connectivity index (χ1v) is 6.94. The van der Waals surface area contributed by atoms with E-state index in [1.54, 1.807) is 0 Å². The van der Waals surface area contributed by atoms with Gasteiger partial charge in [0.1, 0.15) is 0 Å². The summed E-state index contributed by atoms with van der Waals surface area (Å²) in [6.45, 7) is 3.99. The molecular formula is C14H15F3N4O. The lowest BCUT2D eigenvalue weighted by molar-refractivity contribution is -0.137. The highest BCUT2D eigenvalue weighted by Crippen LogP contribution is 2.30. The van der Waals surface area contributed by atoms with Gasteiger partial charge in [0.15, 0.2) is 5.82 Å². The number of hydrogen-bond acceptors (Lipinski definition) is 4. The molecule has 118 valence electrons. The molecule has 0 aliphatic carbocycles. The van der Waals surface area contributed by atoms with Gasteiger partial charge in [-0.25, -0.2) is 4.98 Å². The first kappa shape index (κ1) is 14.8. The van der Waals surface area contributed by atoms with E-state index in [1.165, 1.54) is 6.07 Å². The van der Waals surface area contributed by atoms with E-state index < -0.39 is 17.3 Å². The zero-order valence-corrected chi connectivity index (χ0v) is 11.9. The number of alkyl halides is 3. The van der Waals surface area contributed by atoms with E-state index in [9.17, 15) is 18.0 Å². The summed E-state index contributed by atoms with van der Waals surface area (Å²) in [5, 5.41) is 3.26. The number of aromatic nitrogens is 2. The van der Waals surface area contributed by atoms with Gasteiger partial charge in [-0.15, -0.1) is 0 Å². The average Bonchev–Trinajstić information content (AvgIpc) is 2.45. The number of nitrogens with zero attached hydrogens (tertiary/aromatic N) is 2. The highest BCUT2D eigenvalue weighted by Gasteiger charge is 2.30. The zero-order chi connectivity index (χ0) is 15.9. The maximum Gasteiger partial charge on any atom is 0.416 e. The van der Waals surface area contributed by atoms with Gasteiger partial charge in [0.25, 0.3) is 5.56 Å². The summed E-state index contributed by atoms with van der Waals surface area (Å²) in [6, 6.07) is 3.38. The van der Waals surface area contributed by atoms with Gasteiger partial charge in [-0.1, -0.05) is 0 Å². The second kappa shape index (κ2) is 5.28. The van der Waals surface area contributed by atoms with Crippen molar-refractivity contribution in [3.63, 3.8) is 0 Å². The second-order valence-electron chi connectivity index (χ2n) is 5.42. The van der Waals surface area contributed by atoms with Crippen molar-refractivity contribution in [2.75, 3.05) is 24.5 Å². The van der Waals surface area contributed by atoms with Crippen molar-refractivity contribution in [2.24, 2.45) is 0 Å². The first-order chi connectivity index (χ1) is 10.3. The van der Waals surface area contributed by atoms with E-state index in [-0.39, 0.29) is 17.4 Å². The van der Waals surface area contributed by atoms with E-state index >= 15 is 0 Å². The van der Waals surface area contributed by atoms with Crippen LogP contribution in [-0.4, -0.2) is 35.6 Å². The smallest absolute Gasteiger partial charge is 0.349 e. The predicted octanol–water partition coefficient (Wildman–Crippen LogP) is 1.74. The number of fused-ring (bicyclic) bond motifs is 1. The fourth-order valence-electron chi connectivity index (χ4n) is 2.59. The molecule has 2 aromatic rings. The minimum absolute atomic E-state index is 0.0896. The molecule has 1 aliphatic rings. The fraction of sp³-hybridized carbons (Fsp3) is 0.429. The van der Waals surface area contributed by atoms with Crippen LogP contribution in [0.5, 0.6) is 0 Å². The molecule has 1 saturated heterocycles. The first-order valence-electron chi connectivity index (χ1n) is 6.94. The molecule has 1 aromatic heterocycles. The number of hydrogen-bond donors (Lipinski definition) is 2. The van der Waals surface area contributed by atoms with Crippen LogP contribution in [0.4, 0.5) is 19.0 Å². The van der Waals surface area contributed by atoms with E-state index in [1.807, 2.05) is 11.8 Å². The van der Waals surface area contributed by atoms with Crippen LogP contribution in [0.25, 0.3) is 11.0 Å². The Bertz CT molecular complexity index is 756. The number of piperazine rings is 1. The Hall–Kier alpha value is -2.09. The van der Waals surface area contributed by atoms with E-state index in [2.05, 4.69) is 15.3 Å². The maximum absolute atomic E-state index is 12.7. The van der Waals surface area contributed by atoms with Crippen LogP contribution < -0.4 is 15.8 Å². The predicted molar refractivity (Wildman–Crippen MR) is 77.0 cm³/mol. The Morgan fingerprint density at radius 2 is 2.14 bits per heavy atom. The van der Waals surface area contributed by atoms with Crippen molar-refractivity contribution in [1.29, 1.82) is 0 Å². The molecule has 1 fully saturated rings. The highest BCUT2D eigenvalue weighted by molar-refractivity contribution is 5.76. The summed E-state index contributed by atoms with van der Waals surface area (Å²) in [5.41, 5.74) is -0.845. The maximum atomic E-state index is 12.7. The zero-order valence-electron chi connectivity index (χ0n) is 11.9. The molecule has 0 bridgehead atoms. The number of nitrogens with one attached hydrogen (secondary N) is 2. The molecule has 2 N–H and O–H groups in total. The summed E-state index contributed by atoms with van der Waals surface area (Å²) in [6.07, 6.45) is -4.45. The largest absolute Gasteiger partial charge is 0.416 e. The lowest BCUT2D eigenvalue weighted by atomic mass is 10.2. The molecular weight excluding hydrogens is 297 g/mol. The van der Waals surface area contributed by atoms with Gasteiger partial charge in [-0.2, -0.15) is 13.2 Å². The molecule has 0 radical (unpaired) electrons. The molecule has 3 rings (SSSR count). The molecule has 1 unspecified atom stereocenters. The number of halogens is 3. The molecule has 0 saturated carbocycles. The van der Waals surface area contributed by atoms with Gasteiger partial charge in [0, 0.05) is 25.7 Å². The van der Waals surface area contributed by atoms with Crippen molar-refractivity contribution in [3.05, 3.63) is 34.1 Å². The second-order valence-corrected chi connectivity index (χ2v) is 5.42. The fourth-order valence-corrected chi connectivity index (χ4v) is 2.59. The molecule has 1 atom stereocenters. The van der Waals surface area contributed by atoms with E-state index in [0.717, 1.165) is 18.7 Å². The van der Waals surface area contributed by atoms with Crippen LogP contribution in [0.15, 0.2) is 23.0 Å². The number of rotatable bonds is 1. The van der Waals surface area contributed by atoms with Crippen LogP contribution in [0, 0.1) is 0 Å². The van der Waals surface area contributed by atoms with Crippen molar-refractivity contribution >= 4 is 16.9 Å². The van der Waals surface area contributed by atoms with Crippen molar-refractivity contribution in [3.8, 4) is 0 Å². The Kier molecular flexibility index (Phi) is 3.56. The van der Waals surface area contributed by atoms with Crippen molar-refractivity contribution in [2.45, 2.75) is 19.1 Å². The standard InChI is InChI=1S/C14H15F3N4O/c1-8-7-21(5-4-18-8)12-13(22)20-11-6-9(14(15,16)17)2-3-10(11)19-12/h2-3,6,8,18H,4-5,7H2,1H3,(H,20,22). The highest BCUT2D eigenvalue weighted by atomic mass is 19.4. The molecule has 22 heavy (non-hydrogen) atoms. The Balaban J connectivity index is 2.04. The summed E-state index contributed by atoms with van der Waals surface area (Å²) in [5.74, 6) is 0.251. The number of anilines is 1. The van der Waals surface area contributed by atoms with Gasteiger partial charge in [-0.05, 0) is 25.1 Å². The molecule has 8 heteroatoms. The quantitative estimate of drug-likeness (QED) is 0.842. The van der Waals surface area contributed by atoms with Gasteiger partial charge in [0.2, 0.25) is 0 Å². The van der Waals surface area contributed by atoms with Gasteiger partial charge < -0.3 is 15.2 Å². The van der Waals surface area contributed by atoms with E-state index in [4.69, 9.17) is 0 Å². The van der Waals surface area contributed by atoms with Crippen LogP contribution in [0.1, 0.15) is 12.5 Å². The molecule has 0 spiro atoms. The van der Waals surface area contributed by atoms with Crippen LogP contribution in [-0.2, 0) is 6.18 Å². The van der Waals surface area contributed by atoms with Gasteiger partial charge in [0.05, 0.1) is 16.6 Å². The Labute approximate surface area is 124 Å². The van der Waals surface area contributed by atoms with Crippen molar-refractivity contribution < 1.29 is 13.2 Å². The normalized spacial score (nSPS) is 19.6. The lowest BCUT2D eigenvalue weighted by Crippen LogP contribution is -2.50. The molecule has 0 amide bonds. The van der Waals surface area contributed by atoms with Gasteiger partial charge >= 0.3 is 6.18 Å². The monoisotopic (exact) mass is 312 g/mol. The summed E-state index contributed by atoms with van der Waals surface area (Å²) < 4.78 is 38.1. The molecule has 5 nitrogen and oxygen atoms in total. The number of aromatic amines is 1. The summed E-state index contributed by atoms with van der Waals surface area (Å²) in [4.78, 5) is 20.7. The minimum atomic E-state index is -4.45. The van der Waals surface area contributed by atoms with Crippen molar-refractivity contribution in [1.82, 2.24) is 15.3 Å². The topological polar surface area (TPSA) is 61.0 Å². The lowest BCUT2D eigenvalue weighted by Gasteiger charge is -2.32. The third kappa shape index (κ3) is 2.78. The summed E-state index contributed by atoms with van der Waals surface area (Å²) >= 11 is 0. The molecule has 1 aliphatic heterocycles. The van der Waals surface area contributed by atoms with Gasteiger partial charge in [-0.3, -0.25) is 4.79 Å². The summed E-state index contributed by atoms with van der Waals surface area (Å²) in [7, 11) is 0. The van der Waals surface area contributed by atoms with Crippen LogP contribution in [0.3, 0.4) is 0 Å². The Morgan fingerprint density at radius 1 is 1.36 bits per heavy atom. The molecule has 2 heterocycles. The SMILES string of the molecule is CC1CN(c2nc3ccc(C(F)(F)F)cc3[nH]c2=O)CCN1. The van der Waals surface area contributed by atoms with Crippen LogP contribution in [0.2, 0.25) is 0 Å². The minimum Gasteiger partial charge on any atom is -0.349 e. The number of benzene rings is 1. The third-order valence-electron chi connectivity index (χ3n) is 3.67. The number of H-pyrrole nitrogens is 1.